The van der Waals surface area contributed by atoms with Crippen molar-refractivity contribution in [3.63, 3.8) is 0 Å². The van der Waals surface area contributed by atoms with Crippen LogP contribution in [0.2, 0.25) is 0 Å². The van der Waals surface area contributed by atoms with Gasteiger partial charge in [-0.25, -0.2) is 0 Å². The second-order valence-corrected chi connectivity index (χ2v) is 6.73. The number of hydrogen-bond acceptors (Lipinski definition) is 1. The Morgan fingerprint density at radius 2 is 2.19 bits per heavy atom. The van der Waals surface area contributed by atoms with Crippen LogP contribution in [0.4, 0.5) is 0 Å². The Bertz CT molecular complexity index is 226. The molecule has 0 aromatic carbocycles. The van der Waals surface area contributed by atoms with E-state index >= 15 is 0 Å². The van der Waals surface area contributed by atoms with Gasteiger partial charge in [0.25, 0.3) is 0 Å². The summed E-state index contributed by atoms with van der Waals surface area (Å²) in [5.74, 6) is 0. The zero-order valence-corrected chi connectivity index (χ0v) is 13.6. The van der Waals surface area contributed by atoms with Gasteiger partial charge < -0.3 is 12.4 Å². The van der Waals surface area contributed by atoms with E-state index in [0.717, 1.165) is 6.42 Å². The standard InChI is InChI=1S/C8H17O.C5H5.ClH.Zr/c1-3-5-6-7-8(9)4-2;1-2-4-5-3-1;;/h8H,3-7H2,1-2H3;1-3H,4H2;1H;/q-1;;;+2/p-1. The summed E-state index contributed by atoms with van der Waals surface area (Å²) >= 11 is -0.683. The minimum absolute atomic E-state index is 0. The Kier molecular flexibility index (Phi) is 11.2. The molecule has 0 aromatic heterocycles. The molecular weight excluding hydrogens is 299 g/mol. The fourth-order valence-corrected chi connectivity index (χ4v) is 4.03. The molecule has 0 N–H and O–H groups in total. The van der Waals surface area contributed by atoms with Crippen molar-refractivity contribution in [3.05, 3.63) is 21.5 Å². The molecule has 1 unspecified atom stereocenters. The molecule has 0 aliphatic heterocycles. The minimum Gasteiger partial charge on any atom is -1.00 e. The van der Waals surface area contributed by atoms with Crippen LogP contribution in [0.25, 0.3) is 0 Å². The average Bonchev–Trinajstić information content (AvgIpc) is 2.76. The molecule has 91 valence electrons. The second kappa shape index (κ2) is 10.7. The summed E-state index contributed by atoms with van der Waals surface area (Å²) < 4.78 is 7.67. The van der Waals surface area contributed by atoms with Gasteiger partial charge in [0.05, 0.1) is 0 Å². The summed E-state index contributed by atoms with van der Waals surface area (Å²) in [6.07, 6.45) is 14.8. The second-order valence-electron chi connectivity index (χ2n) is 4.07. The van der Waals surface area contributed by atoms with Crippen LogP contribution in [0.1, 0.15) is 52.4 Å². The van der Waals surface area contributed by atoms with E-state index < -0.39 is 23.7 Å². The van der Waals surface area contributed by atoms with E-state index in [-0.39, 0.29) is 12.4 Å². The normalized spacial score (nSPS) is 15.2. The van der Waals surface area contributed by atoms with Gasteiger partial charge in [-0.05, 0) is 0 Å². The van der Waals surface area contributed by atoms with Crippen LogP contribution in [-0.2, 0) is 26.5 Å². The van der Waals surface area contributed by atoms with E-state index in [2.05, 4.69) is 32.1 Å². The first-order valence-electron chi connectivity index (χ1n) is 6.14. The molecule has 0 aromatic rings. The molecule has 0 fully saturated rings. The molecule has 1 rings (SSSR count). The van der Waals surface area contributed by atoms with Gasteiger partial charge in [-0.1, -0.05) is 0 Å². The van der Waals surface area contributed by atoms with E-state index in [1.807, 2.05) is 0 Å². The summed E-state index contributed by atoms with van der Waals surface area (Å²) in [7, 11) is 0. The maximum atomic E-state index is 6.08. The largest absolute Gasteiger partial charge is 1.00 e. The van der Waals surface area contributed by atoms with Crippen LogP contribution in [0.3, 0.4) is 0 Å². The van der Waals surface area contributed by atoms with Gasteiger partial charge in [-0.3, -0.25) is 0 Å². The Morgan fingerprint density at radius 3 is 2.75 bits per heavy atom. The van der Waals surface area contributed by atoms with Crippen LogP contribution >= 0.6 is 0 Å². The molecule has 1 aliphatic rings. The Labute approximate surface area is 118 Å². The quantitative estimate of drug-likeness (QED) is 0.611. The predicted octanol–water partition coefficient (Wildman–Crippen LogP) is 1.21. The van der Waals surface area contributed by atoms with Gasteiger partial charge in [0, 0.05) is 0 Å². The molecule has 0 bridgehead atoms. The third kappa shape index (κ3) is 7.04. The fourth-order valence-electron chi connectivity index (χ4n) is 1.65. The Balaban J connectivity index is 0.00000225. The number of rotatable bonds is 8. The van der Waals surface area contributed by atoms with Crippen molar-refractivity contribution < 1.29 is 38.9 Å². The molecule has 1 aliphatic carbocycles. The molecule has 0 heterocycles. The van der Waals surface area contributed by atoms with Gasteiger partial charge >= 0.3 is 106 Å². The summed E-state index contributed by atoms with van der Waals surface area (Å²) in [5.41, 5.74) is 0. The molecular formula is C13H22ClOZr. The predicted molar refractivity (Wildman–Crippen MR) is 61.1 cm³/mol. The van der Waals surface area contributed by atoms with Crippen LogP contribution < -0.4 is 12.4 Å². The van der Waals surface area contributed by atoms with Crippen molar-refractivity contribution in [2.45, 2.75) is 58.5 Å². The summed E-state index contributed by atoms with van der Waals surface area (Å²) in [5, 5.41) is 0. The Morgan fingerprint density at radius 1 is 1.38 bits per heavy atom. The van der Waals surface area contributed by atoms with E-state index in [9.17, 15) is 0 Å². The van der Waals surface area contributed by atoms with Crippen molar-refractivity contribution in [1.82, 2.24) is 0 Å². The molecule has 0 amide bonds. The zero-order valence-electron chi connectivity index (χ0n) is 10.3. The molecule has 0 saturated heterocycles. The SMILES string of the molecule is CCCCCC(CC)[O][Zr+][C]1=CC=CC1.[Cl-]. The molecule has 0 radical (unpaired) electrons. The van der Waals surface area contributed by atoms with Gasteiger partial charge in [-0.15, -0.1) is 0 Å². The Hall–Kier alpha value is 0.613. The number of halogens is 1. The number of unbranched alkanes of at least 4 members (excludes halogenated alkanes) is 2. The molecule has 0 spiro atoms. The van der Waals surface area contributed by atoms with Crippen LogP contribution in [0, 0.1) is 0 Å². The summed E-state index contributed by atoms with van der Waals surface area (Å²) in [6, 6.07) is 0. The van der Waals surface area contributed by atoms with Crippen molar-refractivity contribution >= 4 is 0 Å². The number of allylic oxidation sites excluding steroid dienone is 4. The topological polar surface area (TPSA) is 9.23 Å². The van der Waals surface area contributed by atoms with E-state index in [4.69, 9.17) is 2.81 Å². The zero-order chi connectivity index (χ0) is 10.9. The molecule has 1 nitrogen and oxygen atoms in total. The summed E-state index contributed by atoms with van der Waals surface area (Å²) in [6.45, 7) is 4.50. The molecule has 1 atom stereocenters. The monoisotopic (exact) mass is 319 g/mol. The minimum atomic E-state index is -0.683. The van der Waals surface area contributed by atoms with Gasteiger partial charge in [-0.2, -0.15) is 0 Å². The van der Waals surface area contributed by atoms with E-state index in [1.165, 1.54) is 32.1 Å². The van der Waals surface area contributed by atoms with Crippen LogP contribution in [-0.4, -0.2) is 6.10 Å². The van der Waals surface area contributed by atoms with Crippen molar-refractivity contribution in [2.75, 3.05) is 0 Å². The fraction of sp³-hybridized carbons (Fsp3) is 0.692. The first kappa shape index (κ1) is 16.6. The maximum Gasteiger partial charge on any atom is -1.00 e. The smallest absolute Gasteiger partial charge is 1.00 e. The summed E-state index contributed by atoms with van der Waals surface area (Å²) in [4.78, 5) is 0. The van der Waals surface area contributed by atoms with Crippen molar-refractivity contribution in [3.8, 4) is 0 Å². The first-order chi connectivity index (χ1) is 7.36. The van der Waals surface area contributed by atoms with Crippen molar-refractivity contribution in [1.29, 1.82) is 0 Å². The molecule has 0 saturated carbocycles. The van der Waals surface area contributed by atoms with Crippen LogP contribution in [0.5, 0.6) is 0 Å². The van der Waals surface area contributed by atoms with E-state index in [1.54, 1.807) is 3.28 Å². The van der Waals surface area contributed by atoms with Gasteiger partial charge in [0.15, 0.2) is 0 Å². The van der Waals surface area contributed by atoms with E-state index in [0.29, 0.717) is 6.10 Å². The van der Waals surface area contributed by atoms with Gasteiger partial charge in [0.2, 0.25) is 0 Å². The maximum absolute atomic E-state index is 6.08. The third-order valence-corrected chi connectivity index (χ3v) is 5.38. The molecule has 3 heteroatoms. The molecule has 16 heavy (non-hydrogen) atoms. The number of hydrogen-bond donors (Lipinski definition) is 0. The third-order valence-electron chi connectivity index (χ3n) is 2.71. The average molecular weight is 321 g/mol. The van der Waals surface area contributed by atoms with Crippen molar-refractivity contribution in [2.24, 2.45) is 0 Å². The van der Waals surface area contributed by atoms with Crippen LogP contribution in [0.15, 0.2) is 21.5 Å². The van der Waals surface area contributed by atoms with Gasteiger partial charge in [0.1, 0.15) is 0 Å². The first-order valence-corrected chi connectivity index (χ1v) is 8.37.